The Morgan fingerprint density at radius 3 is 2.44 bits per heavy atom. The van der Waals surface area contributed by atoms with Crippen molar-refractivity contribution in [3.8, 4) is 6.07 Å². The van der Waals surface area contributed by atoms with Gasteiger partial charge in [-0.2, -0.15) is 5.26 Å². The maximum atomic E-state index is 8.56. The van der Waals surface area contributed by atoms with Gasteiger partial charge in [0.2, 0.25) is 0 Å². The van der Waals surface area contributed by atoms with Gasteiger partial charge in [0.1, 0.15) is 0 Å². The summed E-state index contributed by atoms with van der Waals surface area (Å²) < 4.78 is 0. The molecule has 2 nitrogen and oxygen atoms in total. The highest BCUT2D eigenvalue weighted by atomic mass is 35.5. The number of hydrogen-bond donors (Lipinski definition) is 1. The number of H-pyrrole nitrogens is 1. The summed E-state index contributed by atoms with van der Waals surface area (Å²) >= 11 is 5.82. The number of nitriles is 1. The molecule has 0 amide bonds. The van der Waals surface area contributed by atoms with E-state index >= 15 is 0 Å². The molecule has 0 fully saturated rings. The summed E-state index contributed by atoms with van der Waals surface area (Å²) in [5.41, 5.74) is 3.29. The van der Waals surface area contributed by atoms with Gasteiger partial charge < -0.3 is 4.98 Å². The number of nitrogens with one attached hydrogen (secondary N) is 1. The van der Waals surface area contributed by atoms with Crippen LogP contribution in [0.3, 0.4) is 0 Å². The molecule has 0 saturated carbocycles. The number of rotatable bonds is 3. The molecule has 0 radical (unpaired) electrons. The summed E-state index contributed by atoms with van der Waals surface area (Å²) in [5, 5.41) is 9.31. The van der Waals surface area contributed by atoms with Crippen molar-refractivity contribution in [2.75, 3.05) is 0 Å². The second-order valence-corrected chi connectivity index (χ2v) is 4.08. The van der Waals surface area contributed by atoms with Gasteiger partial charge in [-0.1, -0.05) is 23.7 Å². The molecule has 0 aliphatic rings. The van der Waals surface area contributed by atoms with E-state index in [4.69, 9.17) is 16.9 Å². The normalized spacial score (nSPS) is 10.0. The average Bonchev–Trinajstić information content (AvgIpc) is 2.70. The molecule has 3 heteroatoms. The van der Waals surface area contributed by atoms with Crippen LogP contribution in [-0.2, 0) is 12.8 Å². The number of hydrogen-bond acceptors (Lipinski definition) is 1. The Kier molecular flexibility index (Phi) is 3.28. The second kappa shape index (κ2) is 4.87. The lowest BCUT2D eigenvalue weighted by Gasteiger charge is -1.99. The van der Waals surface area contributed by atoms with Crippen molar-refractivity contribution in [1.29, 1.82) is 5.26 Å². The van der Waals surface area contributed by atoms with Crippen LogP contribution in [0.15, 0.2) is 36.4 Å². The first-order valence-corrected chi connectivity index (χ1v) is 5.44. The molecular formula is C13H11ClN2. The van der Waals surface area contributed by atoms with Gasteiger partial charge in [0, 0.05) is 22.8 Å². The highest BCUT2D eigenvalue weighted by Gasteiger charge is 2.00. The topological polar surface area (TPSA) is 39.6 Å². The Morgan fingerprint density at radius 1 is 1.06 bits per heavy atom. The van der Waals surface area contributed by atoms with Crippen molar-refractivity contribution >= 4 is 11.6 Å². The number of aromatic amines is 1. The van der Waals surface area contributed by atoms with Crippen LogP contribution < -0.4 is 0 Å². The fourth-order valence-corrected chi connectivity index (χ4v) is 1.73. The van der Waals surface area contributed by atoms with Gasteiger partial charge in [0.15, 0.2) is 0 Å². The molecular weight excluding hydrogens is 220 g/mol. The quantitative estimate of drug-likeness (QED) is 0.863. The zero-order chi connectivity index (χ0) is 11.4. The average molecular weight is 231 g/mol. The van der Waals surface area contributed by atoms with E-state index < -0.39 is 0 Å². The monoisotopic (exact) mass is 230 g/mol. The van der Waals surface area contributed by atoms with Crippen LogP contribution >= 0.6 is 11.6 Å². The number of nitrogens with zero attached hydrogens (tertiary/aromatic N) is 1. The summed E-state index contributed by atoms with van der Waals surface area (Å²) in [6.45, 7) is 0. The number of halogens is 1. The van der Waals surface area contributed by atoms with Gasteiger partial charge >= 0.3 is 0 Å². The Bertz CT molecular complexity index is 505. The van der Waals surface area contributed by atoms with E-state index in [-0.39, 0.29) is 0 Å². The molecule has 2 aromatic rings. The maximum absolute atomic E-state index is 8.56. The van der Waals surface area contributed by atoms with E-state index in [1.165, 1.54) is 5.56 Å². The molecule has 0 bridgehead atoms. The van der Waals surface area contributed by atoms with E-state index in [0.29, 0.717) is 6.42 Å². The second-order valence-electron chi connectivity index (χ2n) is 3.65. The Hall–Kier alpha value is -1.72. The summed E-state index contributed by atoms with van der Waals surface area (Å²) in [6.07, 6.45) is 1.27. The van der Waals surface area contributed by atoms with E-state index in [1.54, 1.807) is 0 Å². The SMILES string of the molecule is N#CCc1ccc(Cc2ccc(Cl)cc2)[nH]1. The van der Waals surface area contributed by atoms with E-state index in [0.717, 1.165) is 22.8 Å². The minimum absolute atomic E-state index is 0.431. The van der Waals surface area contributed by atoms with Crippen molar-refractivity contribution in [2.24, 2.45) is 0 Å². The smallest absolute Gasteiger partial charge is 0.0752 e. The molecule has 2 rings (SSSR count). The van der Waals surface area contributed by atoms with Gasteiger partial charge in [0.05, 0.1) is 12.5 Å². The lowest BCUT2D eigenvalue weighted by molar-refractivity contribution is 1.05. The van der Waals surface area contributed by atoms with Crippen molar-refractivity contribution in [2.45, 2.75) is 12.8 Å². The standard InChI is InChI=1S/C13H11ClN2/c14-11-3-1-10(2-4-11)9-13-6-5-12(16-13)7-8-15/h1-6,16H,7,9H2. The zero-order valence-electron chi connectivity index (χ0n) is 8.70. The minimum Gasteiger partial charge on any atom is -0.361 e. The Balaban J connectivity index is 2.09. The highest BCUT2D eigenvalue weighted by Crippen LogP contribution is 2.13. The largest absolute Gasteiger partial charge is 0.361 e. The molecule has 16 heavy (non-hydrogen) atoms. The first kappa shape index (κ1) is 10.8. The van der Waals surface area contributed by atoms with Gasteiger partial charge in [-0.3, -0.25) is 0 Å². The predicted molar refractivity (Wildman–Crippen MR) is 64.4 cm³/mol. The van der Waals surface area contributed by atoms with Gasteiger partial charge in [0.25, 0.3) is 0 Å². The van der Waals surface area contributed by atoms with Crippen molar-refractivity contribution in [1.82, 2.24) is 4.98 Å². The Morgan fingerprint density at radius 2 is 1.75 bits per heavy atom. The predicted octanol–water partition coefficient (Wildman–Crippen LogP) is 3.32. The third kappa shape index (κ3) is 2.65. The fraction of sp³-hybridized carbons (Fsp3) is 0.154. The number of benzene rings is 1. The molecule has 1 aromatic carbocycles. The third-order valence-electron chi connectivity index (χ3n) is 2.38. The first-order valence-electron chi connectivity index (χ1n) is 5.06. The molecule has 0 aliphatic heterocycles. The van der Waals surface area contributed by atoms with Crippen LogP contribution in [0.1, 0.15) is 17.0 Å². The van der Waals surface area contributed by atoms with Crippen molar-refractivity contribution in [3.05, 3.63) is 58.4 Å². The summed E-state index contributed by atoms with van der Waals surface area (Å²) in [7, 11) is 0. The van der Waals surface area contributed by atoms with Crippen molar-refractivity contribution < 1.29 is 0 Å². The molecule has 0 saturated heterocycles. The van der Waals surface area contributed by atoms with Crippen LogP contribution in [0, 0.1) is 11.3 Å². The fourth-order valence-electron chi connectivity index (χ4n) is 1.60. The van der Waals surface area contributed by atoms with E-state index in [9.17, 15) is 0 Å². The third-order valence-corrected chi connectivity index (χ3v) is 2.64. The van der Waals surface area contributed by atoms with Gasteiger partial charge in [-0.25, -0.2) is 0 Å². The summed E-state index contributed by atoms with van der Waals surface area (Å²) in [6, 6.07) is 13.9. The van der Waals surface area contributed by atoms with Crippen LogP contribution in [-0.4, -0.2) is 4.98 Å². The first-order chi connectivity index (χ1) is 7.78. The molecule has 0 aliphatic carbocycles. The van der Waals surface area contributed by atoms with Crippen molar-refractivity contribution in [3.63, 3.8) is 0 Å². The maximum Gasteiger partial charge on any atom is 0.0752 e. The van der Waals surface area contributed by atoms with Crippen LogP contribution in [0.4, 0.5) is 0 Å². The molecule has 1 N–H and O–H groups in total. The lowest BCUT2D eigenvalue weighted by atomic mass is 10.1. The Labute approximate surface area is 99.5 Å². The summed E-state index contributed by atoms with van der Waals surface area (Å²) in [4.78, 5) is 3.22. The molecule has 0 atom stereocenters. The number of aromatic nitrogens is 1. The zero-order valence-corrected chi connectivity index (χ0v) is 9.46. The molecule has 1 heterocycles. The van der Waals surface area contributed by atoms with Crippen LogP contribution in [0.25, 0.3) is 0 Å². The summed E-state index contributed by atoms with van der Waals surface area (Å²) in [5.74, 6) is 0. The lowest BCUT2D eigenvalue weighted by Crippen LogP contribution is -1.89. The minimum atomic E-state index is 0.431. The van der Waals surface area contributed by atoms with Gasteiger partial charge in [-0.15, -0.1) is 0 Å². The molecule has 80 valence electrons. The van der Waals surface area contributed by atoms with Crippen LogP contribution in [0.2, 0.25) is 5.02 Å². The van der Waals surface area contributed by atoms with Crippen LogP contribution in [0.5, 0.6) is 0 Å². The molecule has 0 unspecified atom stereocenters. The molecule has 0 spiro atoms. The van der Waals surface area contributed by atoms with E-state index in [1.807, 2.05) is 36.4 Å². The highest BCUT2D eigenvalue weighted by molar-refractivity contribution is 6.30. The van der Waals surface area contributed by atoms with Gasteiger partial charge in [-0.05, 0) is 29.8 Å². The van der Waals surface area contributed by atoms with E-state index in [2.05, 4.69) is 11.1 Å². The molecule has 1 aromatic heterocycles.